The highest BCUT2D eigenvalue weighted by Crippen LogP contribution is 2.09. The molecular formula is C22H28N4O3. The van der Waals surface area contributed by atoms with Crippen LogP contribution in [-0.4, -0.2) is 35.3 Å². The first-order valence-electron chi connectivity index (χ1n) is 9.80. The molecule has 3 N–H and O–H groups in total. The summed E-state index contributed by atoms with van der Waals surface area (Å²) in [4.78, 5) is 40.9. The molecule has 7 heteroatoms. The number of amides is 3. The van der Waals surface area contributed by atoms with Gasteiger partial charge >= 0.3 is 0 Å². The predicted molar refractivity (Wildman–Crippen MR) is 111 cm³/mol. The lowest BCUT2D eigenvalue weighted by Gasteiger charge is -2.23. The highest BCUT2D eigenvalue weighted by Gasteiger charge is 2.26. The van der Waals surface area contributed by atoms with E-state index in [0.717, 1.165) is 12.0 Å². The first-order valence-corrected chi connectivity index (χ1v) is 9.80. The number of benzene rings is 1. The molecule has 0 saturated heterocycles. The van der Waals surface area contributed by atoms with E-state index in [2.05, 4.69) is 20.9 Å². The second-order valence-corrected chi connectivity index (χ2v) is 6.88. The van der Waals surface area contributed by atoms with E-state index in [1.165, 1.54) is 0 Å². The van der Waals surface area contributed by atoms with Crippen LogP contribution < -0.4 is 16.0 Å². The molecule has 0 radical (unpaired) electrons. The van der Waals surface area contributed by atoms with Crippen LogP contribution in [0, 0.1) is 5.92 Å². The summed E-state index contributed by atoms with van der Waals surface area (Å²) in [6.45, 7) is 4.50. The van der Waals surface area contributed by atoms with E-state index in [4.69, 9.17) is 0 Å². The van der Waals surface area contributed by atoms with Crippen molar-refractivity contribution in [2.24, 2.45) is 5.92 Å². The summed E-state index contributed by atoms with van der Waals surface area (Å²) in [7, 11) is 0. The SMILES string of the molecule is CCC(C)C(NC(=O)c1ccccc1)C(=O)NCCC(=O)NCc1ccncc1. The maximum atomic E-state index is 12.6. The van der Waals surface area contributed by atoms with Gasteiger partial charge < -0.3 is 16.0 Å². The summed E-state index contributed by atoms with van der Waals surface area (Å²) < 4.78 is 0. The number of nitrogens with one attached hydrogen (secondary N) is 3. The van der Waals surface area contributed by atoms with Crippen LogP contribution in [-0.2, 0) is 16.1 Å². The molecule has 0 fully saturated rings. The van der Waals surface area contributed by atoms with E-state index >= 15 is 0 Å². The van der Waals surface area contributed by atoms with Crippen molar-refractivity contribution in [3.63, 3.8) is 0 Å². The summed E-state index contributed by atoms with van der Waals surface area (Å²) in [6, 6.07) is 11.8. The number of pyridine rings is 1. The standard InChI is InChI=1S/C22H28N4O3/c1-3-16(2)20(26-21(28)18-7-5-4-6-8-18)22(29)24-14-11-19(27)25-15-17-9-12-23-13-10-17/h4-10,12-13,16,20H,3,11,14-15H2,1-2H3,(H,24,29)(H,25,27)(H,26,28). The normalized spacial score (nSPS) is 12.5. The van der Waals surface area contributed by atoms with E-state index in [9.17, 15) is 14.4 Å². The molecular weight excluding hydrogens is 368 g/mol. The molecule has 0 spiro atoms. The second kappa shape index (κ2) is 11.6. The van der Waals surface area contributed by atoms with Gasteiger partial charge in [0.25, 0.3) is 5.91 Å². The number of aromatic nitrogens is 1. The van der Waals surface area contributed by atoms with Crippen molar-refractivity contribution in [2.75, 3.05) is 6.54 Å². The number of carbonyl (C=O) groups excluding carboxylic acids is 3. The first-order chi connectivity index (χ1) is 14.0. The largest absolute Gasteiger partial charge is 0.354 e. The Hall–Kier alpha value is -3.22. The molecule has 2 rings (SSSR count). The Morgan fingerprint density at radius 2 is 1.69 bits per heavy atom. The van der Waals surface area contributed by atoms with Crippen LogP contribution in [0.4, 0.5) is 0 Å². The van der Waals surface area contributed by atoms with Crippen molar-refractivity contribution in [3.8, 4) is 0 Å². The van der Waals surface area contributed by atoms with Crippen molar-refractivity contribution in [1.82, 2.24) is 20.9 Å². The lowest BCUT2D eigenvalue weighted by molar-refractivity contribution is -0.124. The molecule has 154 valence electrons. The fraction of sp³-hybridized carbons (Fsp3) is 0.364. The molecule has 1 aromatic heterocycles. The summed E-state index contributed by atoms with van der Waals surface area (Å²) >= 11 is 0. The molecule has 1 heterocycles. The minimum Gasteiger partial charge on any atom is -0.354 e. The average molecular weight is 396 g/mol. The Morgan fingerprint density at radius 1 is 1.00 bits per heavy atom. The third-order valence-electron chi connectivity index (χ3n) is 4.71. The van der Waals surface area contributed by atoms with E-state index in [1.807, 2.05) is 32.0 Å². The molecule has 0 aliphatic carbocycles. The molecule has 7 nitrogen and oxygen atoms in total. The van der Waals surface area contributed by atoms with Crippen LogP contribution >= 0.6 is 0 Å². The number of nitrogens with zero attached hydrogens (tertiary/aromatic N) is 1. The van der Waals surface area contributed by atoms with E-state index in [1.54, 1.807) is 36.7 Å². The highest BCUT2D eigenvalue weighted by atomic mass is 16.2. The third kappa shape index (κ3) is 7.37. The van der Waals surface area contributed by atoms with Gasteiger partial charge in [-0.3, -0.25) is 19.4 Å². The van der Waals surface area contributed by atoms with Crippen LogP contribution in [0.3, 0.4) is 0 Å². The fourth-order valence-corrected chi connectivity index (χ4v) is 2.71. The Morgan fingerprint density at radius 3 is 2.34 bits per heavy atom. The van der Waals surface area contributed by atoms with Crippen LogP contribution in [0.1, 0.15) is 42.6 Å². The Bertz CT molecular complexity index is 796. The third-order valence-corrected chi connectivity index (χ3v) is 4.71. The minimum absolute atomic E-state index is 0.0387. The lowest BCUT2D eigenvalue weighted by atomic mass is 9.97. The Balaban J connectivity index is 1.81. The molecule has 3 amide bonds. The molecule has 1 aromatic carbocycles. The van der Waals surface area contributed by atoms with Gasteiger partial charge in [-0.1, -0.05) is 38.5 Å². The number of hydrogen-bond acceptors (Lipinski definition) is 4. The summed E-state index contributed by atoms with van der Waals surface area (Å²) in [5, 5.41) is 8.37. The molecule has 0 aliphatic rings. The van der Waals surface area contributed by atoms with Gasteiger partial charge in [-0.05, 0) is 35.7 Å². The molecule has 2 unspecified atom stereocenters. The van der Waals surface area contributed by atoms with Crippen molar-refractivity contribution < 1.29 is 14.4 Å². The predicted octanol–water partition coefficient (Wildman–Crippen LogP) is 2.05. The van der Waals surface area contributed by atoms with Gasteiger partial charge in [0.2, 0.25) is 11.8 Å². The van der Waals surface area contributed by atoms with Gasteiger partial charge in [-0.2, -0.15) is 0 Å². The maximum absolute atomic E-state index is 12.6. The van der Waals surface area contributed by atoms with Gasteiger partial charge in [-0.25, -0.2) is 0 Å². The molecule has 2 aromatic rings. The lowest BCUT2D eigenvalue weighted by Crippen LogP contribution is -2.50. The van der Waals surface area contributed by atoms with Crippen LogP contribution in [0.15, 0.2) is 54.9 Å². The molecule has 0 saturated carbocycles. The van der Waals surface area contributed by atoms with Crippen molar-refractivity contribution >= 4 is 17.7 Å². The fourth-order valence-electron chi connectivity index (χ4n) is 2.71. The van der Waals surface area contributed by atoms with Crippen molar-refractivity contribution in [3.05, 3.63) is 66.0 Å². The summed E-state index contributed by atoms with van der Waals surface area (Å²) in [5.74, 6) is -0.773. The summed E-state index contributed by atoms with van der Waals surface area (Å²) in [6.07, 6.45) is 4.23. The zero-order valence-corrected chi connectivity index (χ0v) is 16.9. The van der Waals surface area contributed by atoms with Gasteiger partial charge in [0.15, 0.2) is 0 Å². The van der Waals surface area contributed by atoms with Crippen molar-refractivity contribution in [1.29, 1.82) is 0 Å². The van der Waals surface area contributed by atoms with Crippen molar-refractivity contribution in [2.45, 2.75) is 39.3 Å². The number of carbonyl (C=O) groups is 3. The highest BCUT2D eigenvalue weighted by molar-refractivity contribution is 5.97. The molecule has 29 heavy (non-hydrogen) atoms. The topological polar surface area (TPSA) is 100 Å². The number of hydrogen-bond donors (Lipinski definition) is 3. The Labute approximate surface area is 171 Å². The second-order valence-electron chi connectivity index (χ2n) is 6.88. The van der Waals surface area contributed by atoms with Gasteiger partial charge in [-0.15, -0.1) is 0 Å². The maximum Gasteiger partial charge on any atom is 0.251 e. The monoisotopic (exact) mass is 396 g/mol. The number of rotatable bonds is 10. The smallest absolute Gasteiger partial charge is 0.251 e. The van der Waals surface area contributed by atoms with E-state index in [0.29, 0.717) is 12.1 Å². The minimum atomic E-state index is -0.660. The van der Waals surface area contributed by atoms with Gasteiger partial charge in [0.05, 0.1) is 0 Å². The quantitative estimate of drug-likeness (QED) is 0.572. The first kappa shape index (κ1) is 22.1. The average Bonchev–Trinajstić information content (AvgIpc) is 2.76. The van der Waals surface area contributed by atoms with Gasteiger partial charge in [0, 0.05) is 37.5 Å². The van der Waals surface area contributed by atoms with Crippen LogP contribution in [0.5, 0.6) is 0 Å². The Kier molecular flexibility index (Phi) is 8.82. The van der Waals surface area contributed by atoms with Crippen LogP contribution in [0.25, 0.3) is 0 Å². The molecule has 2 atom stereocenters. The van der Waals surface area contributed by atoms with E-state index in [-0.39, 0.29) is 36.6 Å². The van der Waals surface area contributed by atoms with Gasteiger partial charge in [0.1, 0.15) is 6.04 Å². The zero-order chi connectivity index (χ0) is 21.1. The molecule has 0 aliphatic heterocycles. The van der Waals surface area contributed by atoms with E-state index < -0.39 is 6.04 Å². The summed E-state index contributed by atoms with van der Waals surface area (Å²) in [5.41, 5.74) is 1.46. The molecule has 0 bridgehead atoms. The zero-order valence-electron chi connectivity index (χ0n) is 16.9. The van der Waals surface area contributed by atoms with Crippen LogP contribution in [0.2, 0.25) is 0 Å².